The molecule has 1 atom stereocenters. The third-order valence-corrected chi connectivity index (χ3v) is 3.42. The summed E-state index contributed by atoms with van der Waals surface area (Å²) in [6.07, 6.45) is 2.72. The maximum atomic E-state index is 8.52. The van der Waals surface area contributed by atoms with Crippen LogP contribution in [0.1, 0.15) is 25.3 Å². The third-order valence-electron chi connectivity index (χ3n) is 3.42. The van der Waals surface area contributed by atoms with Crippen molar-refractivity contribution in [1.29, 1.82) is 0 Å². The fraction of sp³-hybridized carbons (Fsp3) is 0.500. The number of amidine groups is 1. The first-order valence-electron chi connectivity index (χ1n) is 6.50. The summed E-state index contributed by atoms with van der Waals surface area (Å²) in [4.78, 5) is 2.41. The molecule has 0 saturated heterocycles. The lowest BCUT2D eigenvalue weighted by Gasteiger charge is -2.34. The van der Waals surface area contributed by atoms with Crippen LogP contribution in [-0.4, -0.2) is 24.1 Å². The van der Waals surface area contributed by atoms with E-state index in [2.05, 4.69) is 41.2 Å². The summed E-state index contributed by atoms with van der Waals surface area (Å²) in [6, 6.07) is 8.59. The van der Waals surface area contributed by atoms with Crippen molar-refractivity contribution in [3.8, 4) is 0 Å². The standard InChI is InChI=1S/C14H21N3O/c1-11-9-12-5-2-3-6-13(12)17(10-11)8-4-7-14(15)16-18/h2-3,5-6,11,18H,4,7-10H2,1H3,(H2,15,16). The summed E-state index contributed by atoms with van der Waals surface area (Å²) in [6.45, 7) is 4.33. The second kappa shape index (κ2) is 5.76. The van der Waals surface area contributed by atoms with Gasteiger partial charge in [0, 0.05) is 25.2 Å². The molecule has 0 fully saturated rings. The van der Waals surface area contributed by atoms with Gasteiger partial charge in [-0.05, 0) is 30.4 Å². The first-order valence-corrected chi connectivity index (χ1v) is 6.50. The Labute approximate surface area is 108 Å². The van der Waals surface area contributed by atoms with Crippen LogP contribution in [0.2, 0.25) is 0 Å². The van der Waals surface area contributed by atoms with E-state index >= 15 is 0 Å². The Bertz CT molecular complexity index is 431. The van der Waals surface area contributed by atoms with Gasteiger partial charge < -0.3 is 15.8 Å². The lowest BCUT2D eigenvalue weighted by Crippen LogP contribution is -2.35. The summed E-state index contributed by atoms with van der Waals surface area (Å²) in [5, 5.41) is 11.5. The average Bonchev–Trinajstić information content (AvgIpc) is 2.38. The number of nitrogens with zero attached hydrogens (tertiary/aromatic N) is 2. The van der Waals surface area contributed by atoms with Gasteiger partial charge in [0.05, 0.1) is 0 Å². The van der Waals surface area contributed by atoms with Gasteiger partial charge in [0.2, 0.25) is 0 Å². The van der Waals surface area contributed by atoms with Crippen molar-refractivity contribution in [2.45, 2.75) is 26.2 Å². The molecule has 4 heteroatoms. The van der Waals surface area contributed by atoms with E-state index in [-0.39, 0.29) is 0 Å². The first-order chi connectivity index (χ1) is 8.70. The van der Waals surface area contributed by atoms with Crippen LogP contribution in [0.25, 0.3) is 0 Å². The van der Waals surface area contributed by atoms with E-state index in [1.807, 2.05) is 0 Å². The van der Waals surface area contributed by atoms with Gasteiger partial charge in [-0.3, -0.25) is 0 Å². The van der Waals surface area contributed by atoms with Crippen LogP contribution in [-0.2, 0) is 6.42 Å². The zero-order chi connectivity index (χ0) is 13.0. The van der Waals surface area contributed by atoms with Crippen LogP contribution >= 0.6 is 0 Å². The lowest BCUT2D eigenvalue weighted by molar-refractivity contribution is 0.316. The highest BCUT2D eigenvalue weighted by molar-refractivity contribution is 5.79. The molecule has 1 aliphatic rings. The van der Waals surface area contributed by atoms with Crippen LogP contribution in [0, 0.1) is 5.92 Å². The summed E-state index contributed by atoms with van der Waals surface area (Å²) in [5.41, 5.74) is 8.27. The van der Waals surface area contributed by atoms with Gasteiger partial charge in [-0.1, -0.05) is 30.3 Å². The number of nitrogens with two attached hydrogens (primary N) is 1. The minimum Gasteiger partial charge on any atom is -0.409 e. The lowest BCUT2D eigenvalue weighted by atomic mass is 9.94. The number of para-hydroxylation sites is 1. The molecule has 98 valence electrons. The van der Waals surface area contributed by atoms with Crippen LogP contribution in [0.3, 0.4) is 0 Å². The zero-order valence-electron chi connectivity index (χ0n) is 10.8. The molecule has 1 aromatic carbocycles. The number of fused-ring (bicyclic) bond motifs is 1. The molecule has 4 nitrogen and oxygen atoms in total. The van der Waals surface area contributed by atoms with Crippen molar-refractivity contribution in [3.63, 3.8) is 0 Å². The Balaban J connectivity index is 2.00. The predicted octanol–water partition coefficient (Wildman–Crippen LogP) is 2.21. The minimum atomic E-state index is 0.313. The summed E-state index contributed by atoms with van der Waals surface area (Å²) < 4.78 is 0. The second-order valence-electron chi connectivity index (χ2n) is 5.08. The highest BCUT2D eigenvalue weighted by Gasteiger charge is 2.20. The van der Waals surface area contributed by atoms with Gasteiger partial charge in [-0.2, -0.15) is 0 Å². The van der Waals surface area contributed by atoms with Crippen molar-refractivity contribution < 1.29 is 5.21 Å². The minimum absolute atomic E-state index is 0.313. The maximum Gasteiger partial charge on any atom is 0.139 e. The molecule has 0 radical (unpaired) electrons. The van der Waals surface area contributed by atoms with Crippen molar-refractivity contribution in [2.24, 2.45) is 16.8 Å². The van der Waals surface area contributed by atoms with E-state index in [1.165, 1.54) is 11.3 Å². The second-order valence-corrected chi connectivity index (χ2v) is 5.08. The Morgan fingerprint density at radius 2 is 2.28 bits per heavy atom. The molecule has 1 aromatic rings. The van der Waals surface area contributed by atoms with E-state index in [4.69, 9.17) is 10.9 Å². The molecular weight excluding hydrogens is 226 g/mol. The monoisotopic (exact) mass is 247 g/mol. The molecule has 0 saturated carbocycles. The maximum absolute atomic E-state index is 8.52. The summed E-state index contributed by atoms with van der Waals surface area (Å²) >= 11 is 0. The Hall–Kier alpha value is -1.71. The highest BCUT2D eigenvalue weighted by Crippen LogP contribution is 2.29. The number of anilines is 1. The molecule has 0 amide bonds. The van der Waals surface area contributed by atoms with Gasteiger partial charge in [-0.15, -0.1) is 0 Å². The fourth-order valence-corrected chi connectivity index (χ4v) is 2.62. The van der Waals surface area contributed by atoms with Gasteiger partial charge in [0.15, 0.2) is 0 Å². The van der Waals surface area contributed by atoms with E-state index in [0.29, 0.717) is 18.2 Å². The fourth-order valence-electron chi connectivity index (χ4n) is 2.62. The molecule has 1 aliphatic heterocycles. The Kier molecular flexibility index (Phi) is 4.07. The van der Waals surface area contributed by atoms with Crippen LogP contribution in [0.5, 0.6) is 0 Å². The molecule has 0 aromatic heterocycles. The van der Waals surface area contributed by atoms with Gasteiger partial charge in [0.25, 0.3) is 0 Å². The number of benzene rings is 1. The number of hydrogen-bond acceptors (Lipinski definition) is 3. The molecule has 1 unspecified atom stereocenters. The van der Waals surface area contributed by atoms with E-state index in [1.54, 1.807) is 0 Å². The quantitative estimate of drug-likeness (QED) is 0.371. The molecule has 18 heavy (non-hydrogen) atoms. The molecule has 1 heterocycles. The molecule has 0 aliphatic carbocycles. The smallest absolute Gasteiger partial charge is 0.139 e. The number of hydrogen-bond donors (Lipinski definition) is 2. The van der Waals surface area contributed by atoms with Gasteiger partial charge in [0.1, 0.15) is 5.84 Å². The predicted molar refractivity (Wildman–Crippen MR) is 74.2 cm³/mol. The molecule has 3 N–H and O–H groups in total. The molecule has 2 rings (SSSR count). The Morgan fingerprint density at radius 3 is 3.06 bits per heavy atom. The molecule has 0 bridgehead atoms. The van der Waals surface area contributed by atoms with Crippen LogP contribution in [0.15, 0.2) is 29.4 Å². The van der Waals surface area contributed by atoms with Crippen molar-refractivity contribution in [2.75, 3.05) is 18.0 Å². The van der Waals surface area contributed by atoms with Crippen molar-refractivity contribution in [3.05, 3.63) is 29.8 Å². The highest BCUT2D eigenvalue weighted by atomic mass is 16.4. The zero-order valence-corrected chi connectivity index (χ0v) is 10.8. The van der Waals surface area contributed by atoms with Gasteiger partial charge in [-0.25, -0.2) is 0 Å². The number of rotatable bonds is 4. The van der Waals surface area contributed by atoms with E-state index in [0.717, 1.165) is 25.9 Å². The largest absolute Gasteiger partial charge is 0.409 e. The summed E-state index contributed by atoms with van der Waals surface area (Å²) in [7, 11) is 0. The van der Waals surface area contributed by atoms with Crippen LogP contribution < -0.4 is 10.6 Å². The molecular formula is C14H21N3O. The first kappa shape index (κ1) is 12.7. The summed E-state index contributed by atoms with van der Waals surface area (Å²) in [5.74, 6) is 0.997. The third kappa shape index (κ3) is 2.94. The van der Waals surface area contributed by atoms with Crippen molar-refractivity contribution >= 4 is 11.5 Å². The topological polar surface area (TPSA) is 61.8 Å². The SMILES string of the molecule is CC1Cc2ccccc2N(CCCC(N)=NO)C1. The number of oxime groups is 1. The normalized spacial score (nSPS) is 19.7. The van der Waals surface area contributed by atoms with E-state index in [9.17, 15) is 0 Å². The van der Waals surface area contributed by atoms with Crippen molar-refractivity contribution in [1.82, 2.24) is 0 Å². The average molecular weight is 247 g/mol. The Morgan fingerprint density at radius 1 is 1.50 bits per heavy atom. The molecule has 0 spiro atoms. The van der Waals surface area contributed by atoms with Crippen LogP contribution in [0.4, 0.5) is 5.69 Å². The van der Waals surface area contributed by atoms with E-state index < -0.39 is 0 Å². The van der Waals surface area contributed by atoms with Gasteiger partial charge >= 0.3 is 0 Å².